The van der Waals surface area contributed by atoms with E-state index in [9.17, 15) is 13.5 Å². The fraction of sp³-hybridized carbons (Fsp3) is 0.389. The van der Waals surface area contributed by atoms with Gasteiger partial charge in [-0.3, -0.25) is 0 Å². The summed E-state index contributed by atoms with van der Waals surface area (Å²) >= 11 is 1.51. The second kappa shape index (κ2) is 8.66. The second-order valence-corrected chi connectivity index (χ2v) is 9.18. The van der Waals surface area contributed by atoms with Crippen molar-refractivity contribution in [3.8, 4) is 0 Å². The van der Waals surface area contributed by atoms with Crippen LogP contribution in [-0.4, -0.2) is 38.8 Å². The largest absolute Gasteiger partial charge is 0.383 e. The zero-order valence-corrected chi connectivity index (χ0v) is 16.8. The number of rotatable bonds is 7. The normalized spacial score (nSPS) is 14.7. The van der Waals surface area contributed by atoms with Crippen LogP contribution in [0.3, 0.4) is 0 Å². The lowest BCUT2D eigenvalue weighted by Crippen LogP contribution is -2.44. The third kappa shape index (κ3) is 5.82. The minimum atomic E-state index is -3.19. The van der Waals surface area contributed by atoms with Crippen molar-refractivity contribution in [3.63, 3.8) is 0 Å². The Bertz CT molecular complexity index is 827. The third-order valence-electron chi connectivity index (χ3n) is 3.77. The molecule has 0 fully saturated rings. The highest BCUT2D eigenvalue weighted by Crippen LogP contribution is 2.24. The highest BCUT2D eigenvalue weighted by molar-refractivity contribution is 7.90. The summed E-state index contributed by atoms with van der Waals surface area (Å²) in [7, 11) is -3.19. The predicted molar refractivity (Wildman–Crippen MR) is 106 cm³/mol. The molecule has 0 aliphatic rings. The molecule has 0 radical (unpaired) electrons. The first-order chi connectivity index (χ1) is 12.2. The quantitative estimate of drug-likeness (QED) is 0.493. The highest BCUT2D eigenvalue weighted by atomic mass is 32.2. The van der Waals surface area contributed by atoms with Crippen LogP contribution >= 0.6 is 11.3 Å². The van der Waals surface area contributed by atoms with E-state index in [0.717, 1.165) is 10.4 Å². The minimum Gasteiger partial charge on any atom is -0.383 e. The van der Waals surface area contributed by atoms with Crippen molar-refractivity contribution in [2.75, 3.05) is 19.3 Å². The number of aliphatic hydroxyl groups is 1. The van der Waals surface area contributed by atoms with Crippen LogP contribution in [0.25, 0.3) is 0 Å². The maximum atomic E-state index is 11.5. The molecule has 0 saturated carbocycles. The Hall–Kier alpha value is -1.90. The summed E-state index contributed by atoms with van der Waals surface area (Å²) in [5, 5.41) is 18.8. The molecule has 0 bridgehead atoms. The molecule has 1 atom stereocenters. The first kappa shape index (κ1) is 20.4. The molecule has 6 nitrogen and oxygen atoms in total. The fourth-order valence-electron chi connectivity index (χ4n) is 2.28. The van der Waals surface area contributed by atoms with Gasteiger partial charge in [0.05, 0.1) is 18.0 Å². The molecule has 2 rings (SSSR count). The molecule has 3 N–H and O–H groups in total. The summed E-state index contributed by atoms with van der Waals surface area (Å²) in [4.78, 5) is 5.68. The molecule has 1 heterocycles. The molecule has 1 aromatic heterocycles. The van der Waals surface area contributed by atoms with Crippen LogP contribution in [0.4, 0.5) is 0 Å². The highest BCUT2D eigenvalue weighted by Gasteiger charge is 2.24. The monoisotopic (exact) mass is 395 g/mol. The minimum absolute atomic E-state index is 0.294. The molecule has 0 amide bonds. The summed E-state index contributed by atoms with van der Waals surface area (Å²) in [6.07, 6.45) is 1.19. The van der Waals surface area contributed by atoms with E-state index >= 15 is 0 Å². The van der Waals surface area contributed by atoms with Crippen molar-refractivity contribution in [1.82, 2.24) is 10.6 Å². The van der Waals surface area contributed by atoms with E-state index in [4.69, 9.17) is 0 Å². The lowest BCUT2D eigenvalue weighted by atomic mass is 10.1. The average molecular weight is 396 g/mol. The molecule has 0 saturated heterocycles. The average Bonchev–Trinajstić information content (AvgIpc) is 3.12. The van der Waals surface area contributed by atoms with E-state index in [1.54, 1.807) is 31.2 Å². The Morgan fingerprint density at radius 1 is 1.23 bits per heavy atom. The lowest BCUT2D eigenvalue weighted by Gasteiger charge is -2.23. The Morgan fingerprint density at radius 2 is 1.92 bits per heavy atom. The number of hydrogen-bond donors (Lipinski definition) is 3. The van der Waals surface area contributed by atoms with E-state index in [1.807, 2.05) is 24.4 Å². The number of benzene rings is 1. The van der Waals surface area contributed by atoms with Crippen molar-refractivity contribution in [1.29, 1.82) is 0 Å². The maximum Gasteiger partial charge on any atom is 0.191 e. The van der Waals surface area contributed by atoms with E-state index in [1.165, 1.54) is 17.6 Å². The number of nitrogens with zero attached hydrogens (tertiary/aromatic N) is 1. The standard InChI is InChI=1S/C18H25N3O3S2/c1-4-19-17(21-13-18(2,22)16-6-5-11-25-16)20-12-14-7-9-15(10-8-14)26(3,23)24/h5-11,22H,4,12-13H2,1-3H3,(H2,19,20,21). The van der Waals surface area contributed by atoms with Crippen LogP contribution in [0.2, 0.25) is 0 Å². The SMILES string of the molecule is CCNC(=NCc1ccc(S(C)(=O)=O)cc1)NCC(C)(O)c1cccs1. The molecule has 1 unspecified atom stereocenters. The predicted octanol–water partition coefficient (Wildman–Crippen LogP) is 2.11. The number of sulfone groups is 1. The van der Waals surface area contributed by atoms with Crippen molar-refractivity contribution in [2.24, 2.45) is 4.99 Å². The van der Waals surface area contributed by atoms with Crippen LogP contribution in [0, 0.1) is 0 Å². The van der Waals surface area contributed by atoms with E-state index < -0.39 is 15.4 Å². The second-order valence-electron chi connectivity index (χ2n) is 6.22. The summed E-state index contributed by atoms with van der Waals surface area (Å²) in [5.41, 5.74) is -0.0822. The van der Waals surface area contributed by atoms with Gasteiger partial charge in [-0.1, -0.05) is 18.2 Å². The third-order valence-corrected chi connectivity index (χ3v) is 6.02. The van der Waals surface area contributed by atoms with Gasteiger partial charge in [0.1, 0.15) is 5.60 Å². The molecule has 142 valence electrons. The van der Waals surface area contributed by atoms with Gasteiger partial charge in [0, 0.05) is 17.7 Å². The van der Waals surface area contributed by atoms with Crippen molar-refractivity contribution >= 4 is 27.1 Å². The molecular weight excluding hydrogens is 370 g/mol. The van der Waals surface area contributed by atoms with Gasteiger partial charge in [0.25, 0.3) is 0 Å². The van der Waals surface area contributed by atoms with Gasteiger partial charge in [-0.25, -0.2) is 13.4 Å². The van der Waals surface area contributed by atoms with Crippen molar-refractivity contribution in [2.45, 2.75) is 30.9 Å². The fourth-order valence-corrected chi connectivity index (χ4v) is 3.70. The summed E-state index contributed by atoms with van der Waals surface area (Å²) in [6.45, 7) is 5.15. The van der Waals surface area contributed by atoms with Gasteiger partial charge in [-0.05, 0) is 43.0 Å². The van der Waals surface area contributed by atoms with E-state index in [2.05, 4.69) is 15.6 Å². The molecule has 8 heteroatoms. The van der Waals surface area contributed by atoms with E-state index in [-0.39, 0.29) is 0 Å². The van der Waals surface area contributed by atoms with Gasteiger partial charge in [-0.15, -0.1) is 11.3 Å². The molecule has 2 aromatic rings. The van der Waals surface area contributed by atoms with Gasteiger partial charge in [0.2, 0.25) is 0 Å². The molecule has 26 heavy (non-hydrogen) atoms. The first-order valence-electron chi connectivity index (χ1n) is 8.30. The first-order valence-corrected chi connectivity index (χ1v) is 11.1. The summed E-state index contributed by atoms with van der Waals surface area (Å²) in [5.74, 6) is 0.594. The number of nitrogens with one attached hydrogen (secondary N) is 2. The zero-order valence-electron chi connectivity index (χ0n) is 15.2. The summed E-state index contributed by atoms with van der Waals surface area (Å²) in [6, 6.07) is 10.5. The maximum absolute atomic E-state index is 11.5. The zero-order chi connectivity index (χ0) is 19.2. The van der Waals surface area contributed by atoms with Crippen molar-refractivity contribution < 1.29 is 13.5 Å². The Labute approximate surface area is 158 Å². The van der Waals surface area contributed by atoms with Gasteiger partial charge >= 0.3 is 0 Å². The molecular formula is C18H25N3O3S2. The Balaban J connectivity index is 2.02. The molecule has 0 spiro atoms. The van der Waals surface area contributed by atoms with Crippen molar-refractivity contribution in [3.05, 3.63) is 52.2 Å². The number of thiophene rings is 1. The lowest BCUT2D eigenvalue weighted by molar-refractivity contribution is 0.0655. The van der Waals surface area contributed by atoms with Crippen LogP contribution < -0.4 is 10.6 Å². The van der Waals surface area contributed by atoms with E-state index in [0.29, 0.717) is 30.5 Å². The van der Waals surface area contributed by atoms with Gasteiger partial charge < -0.3 is 15.7 Å². The molecule has 1 aromatic carbocycles. The van der Waals surface area contributed by atoms with Crippen LogP contribution in [0.5, 0.6) is 0 Å². The van der Waals surface area contributed by atoms with Crippen LogP contribution in [-0.2, 0) is 22.0 Å². The van der Waals surface area contributed by atoms with Crippen LogP contribution in [0.1, 0.15) is 24.3 Å². The smallest absolute Gasteiger partial charge is 0.191 e. The Kier molecular flexibility index (Phi) is 6.80. The van der Waals surface area contributed by atoms with Gasteiger partial charge in [-0.2, -0.15) is 0 Å². The van der Waals surface area contributed by atoms with Gasteiger partial charge in [0.15, 0.2) is 15.8 Å². The molecule has 0 aliphatic heterocycles. The number of aliphatic imine (C=N–C) groups is 1. The Morgan fingerprint density at radius 3 is 2.46 bits per heavy atom. The number of guanidine groups is 1. The number of hydrogen-bond acceptors (Lipinski definition) is 5. The summed E-state index contributed by atoms with van der Waals surface area (Å²) < 4.78 is 23.0. The molecule has 0 aliphatic carbocycles. The topological polar surface area (TPSA) is 90.8 Å². The van der Waals surface area contributed by atoms with Crippen LogP contribution in [0.15, 0.2) is 51.7 Å².